The molecule has 1 heterocycles. The van der Waals surface area contributed by atoms with E-state index in [1.165, 1.54) is 0 Å². The lowest BCUT2D eigenvalue weighted by Gasteiger charge is -2.23. The molecule has 0 bridgehead atoms. The van der Waals surface area contributed by atoms with Crippen LogP contribution in [0.3, 0.4) is 0 Å². The Kier molecular flexibility index (Phi) is 9.64. The van der Waals surface area contributed by atoms with E-state index in [1.807, 2.05) is 27.7 Å². The Balaban J connectivity index is 2.77. The molecule has 0 saturated carbocycles. The largest absolute Gasteiger partial charge is 0.475 e. The average molecular weight is 490 g/mol. The van der Waals surface area contributed by atoms with Crippen molar-refractivity contribution >= 4 is 75.5 Å². The Hall–Kier alpha value is 0.870. The minimum Gasteiger partial charge on any atom is -0.475 e. The molecule has 0 aromatic heterocycles. The molecule has 0 fully saturated rings. The summed E-state index contributed by atoms with van der Waals surface area (Å²) in [5.41, 5.74) is 1.83. The molecule has 1 aliphatic heterocycles. The lowest BCUT2D eigenvalue weighted by Crippen LogP contribution is -2.27. The molecule has 0 N–H and O–H groups in total. The van der Waals surface area contributed by atoms with Crippen LogP contribution in [0.25, 0.3) is 0 Å². The third-order valence-electron chi connectivity index (χ3n) is 3.32. The van der Waals surface area contributed by atoms with E-state index in [2.05, 4.69) is 4.99 Å². The summed E-state index contributed by atoms with van der Waals surface area (Å²) in [6.07, 6.45) is 0.317. The molecule has 0 saturated heterocycles. The molecule has 0 aromatic rings. The van der Waals surface area contributed by atoms with Gasteiger partial charge in [0, 0.05) is 12.0 Å². The summed E-state index contributed by atoms with van der Waals surface area (Å²) in [5.74, 6) is 0.636. The highest BCUT2D eigenvalue weighted by atomic mass is 35.6. The van der Waals surface area contributed by atoms with Crippen LogP contribution in [0.4, 0.5) is 0 Å². The summed E-state index contributed by atoms with van der Waals surface area (Å²) in [6.45, 7) is 8.24. The van der Waals surface area contributed by atoms with E-state index >= 15 is 0 Å². The second kappa shape index (κ2) is 10.1. The lowest BCUT2D eigenvalue weighted by molar-refractivity contribution is -0.143. The SMILES string of the molecule is CC(C)=C(CCC(OCC(Cl)(Cl)Cl)OCC(Cl)(Cl)Cl)C1=NC(C)(C)CO1. The lowest BCUT2D eigenvalue weighted by atomic mass is 10.0. The first-order valence-electron chi connectivity index (χ1n) is 7.95. The van der Waals surface area contributed by atoms with Crippen molar-refractivity contribution in [3.05, 3.63) is 11.1 Å². The molecule has 0 radical (unpaired) electrons. The summed E-state index contributed by atoms with van der Waals surface area (Å²) in [6, 6.07) is 0. The molecular formula is C16H23Cl6NO3. The highest BCUT2D eigenvalue weighted by Gasteiger charge is 2.30. The summed E-state index contributed by atoms with van der Waals surface area (Å²) in [4.78, 5) is 4.62. The summed E-state index contributed by atoms with van der Waals surface area (Å²) >= 11 is 34.4. The Bertz CT molecular complexity index is 515. The molecule has 0 atom stereocenters. The van der Waals surface area contributed by atoms with E-state index in [0.717, 1.165) is 11.1 Å². The van der Waals surface area contributed by atoms with Gasteiger partial charge < -0.3 is 14.2 Å². The fourth-order valence-electron chi connectivity index (χ4n) is 2.16. The Morgan fingerprint density at radius 1 is 1.08 bits per heavy atom. The second-order valence-corrected chi connectivity index (χ2v) is 11.8. The number of halogens is 6. The van der Waals surface area contributed by atoms with Gasteiger partial charge in [0.15, 0.2) is 6.29 Å². The Labute approximate surface area is 185 Å². The van der Waals surface area contributed by atoms with Gasteiger partial charge in [0.1, 0.15) is 6.61 Å². The highest BCUT2D eigenvalue weighted by molar-refractivity contribution is 6.68. The molecule has 10 heteroatoms. The quantitative estimate of drug-likeness (QED) is 0.292. The Morgan fingerprint density at radius 3 is 1.92 bits per heavy atom. The van der Waals surface area contributed by atoms with E-state index in [-0.39, 0.29) is 18.8 Å². The van der Waals surface area contributed by atoms with Gasteiger partial charge in [-0.3, -0.25) is 0 Å². The number of nitrogens with zero attached hydrogens (tertiary/aromatic N) is 1. The highest BCUT2D eigenvalue weighted by Crippen LogP contribution is 2.31. The maximum absolute atomic E-state index is 5.74. The van der Waals surface area contributed by atoms with Gasteiger partial charge in [-0.1, -0.05) is 75.2 Å². The van der Waals surface area contributed by atoms with Gasteiger partial charge in [-0.25, -0.2) is 4.99 Å². The molecular weight excluding hydrogens is 467 g/mol. The maximum atomic E-state index is 5.74. The number of rotatable bonds is 8. The van der Waals surface area contributed by atoms with Crippen LogP contribution in [-0.2, 0) is 14.2 Å². The van der Waals surface area contributed by atoms with Crippen LogP contribution in [-0.4, -0.2) is 45.1 Å². The minimum atomic E-state index is -1.57. The van der Waals surface area contributed by atoms with Crippen molar-refractivity contribution in [3.8, 4) is 0 Å². The number of alkyl halides is 6. The molecule has 152 valence electrons. The fraction of sp³-hybridized carbons (Fsp3) is 0.812. The molecule has 0 unspecified atom stereocenters. The normalized spacial score (nSPS) is 17.3. The van der Waals surface area contributed by atoms with Crippen LogP contribution in [0.1, 0.15) is 40.5 Å². The van der Waals surface area contributed by atoms with Crippen LogP contribution in [0.15, 0.2) is 16.1 Å². The van der Waals surface area contributed by atoms with Gasteiger partial charge in [-0.05, 0) is 34.1 Å². The Morgan fingerprint density at radius 2 is 1.58 bits per heavy atom. The second-order valence-electron chi connectivity index (χ2n) is 6.82. The number of aliphatic imine (C=N–C) groups is 1. The predicted molar refractivity (Wildman–Crippen MR) is 111 cm³/mol. The summed E-state index contributed by atoms with van der Waals surface area (Å²) in [5, 5.41) is 0. The first-order chi connectivity index (χ1) is 11.7. The molecule has 1 rings (SSSR count). The minimum absolute atomic E-state index is 0.156. The van der Waals surface area contributed by atoms with Crippen molar-refractivity contribution in [1.29, 1.82) is 0 Å². The van der Waals surface area contributed by atoms with E-state index in [4.69, 9.17) is 83.8 Å². The van der Waals surface area contributed by atoms with E-state index < -0.39 is 13.9 Å². The van der Waals surface area contributed by atoms with Gasteiger partial charge in [-0.2, -0.15) is 0 Å². The predicted octanol–water partition coefficient (Wildman–Crippen LogP) is 6.41. The van der Waals surface area contributed by atoms with Crippen LogP contribution in [0.2, 0.25) is 0 Å². The fourth-order valence-corrected chi connectivity index (χ4v) is 2.54. The van der Waals surface area contributed by atoms with Crippen molar-refractivity contribution in [3.63, 3.8) is 0 Å². The summed E-state index contributed by atoms with van der Waals surface area (Å²) in [7, 11) is 0. The molecule has 0 amide bonds. The number of ether oxygens (including phenoxy) is 3. The van der Waals surface area contributed by atoms with Crippen molar-refractivity contribution in [2.45, 2.75) is 60.0 Å². The third-order valence-corrected chi connectivity index (χ3v) is 3.98. The zero-order chi connectivity index (χ0) is 20.2. The standard InChI is InChI=1S/C16H23Cl6NO3/c1-10(2)11(13-23-14(3,4)7-26-13)5-6-12(24-8-15(17,18)19)25-9-16(20,21)22/h12H,5-9H2,1-4H3. The number of hydrogen-bond donors (Lipinski definition) is 0. The molecule has 0 aliphatic carbocycles. The van der Waals surface area contributed by atoms with Crippen LogP contribution in [0, 0.1) is 0 Å². The zero-order valence-corrected chi connectivity index (χ0v) is 19.6. The van der Waals surface area contributed by atoms with Crippen molar-refractivity contribution in [1.82, 2.24) is 0 Å². The maximum Gasteiger partial charge on any atom is 0.213 e. The van der Waals surface area contributed by atoms with Gasteiger partial charge in [0.25, 0.3) is 0 Å². The van der Waals surface area contributed by atoms with Crippen LogP contribution < -0.4 is 0 Å². The van der Waals surface area contributed by atoms with Crippen LogP contribution >= 0.6 is 69.6 Å². The molecule has 0 spiro atoms. The first kappa shape index (κ1) is 24.9. The molecule has 1 aliphatic rings. The average Bonchev–Trinajstić information content (AvgIpc) is 2.78. The van der Waals surface area contributed by atoms with Crippen LogP contribution in [0.5, 0.6) is 0 Å². The third kappa shape index (κ3) is 10.4. The number of allylic oxidation sites excluding steroid dienone is 1. The number of hydrogen-bond acceptors (Lipinski definition) is 4. The van der Waals surface area contributed by atoms with Crippen molar-refractivity contribution in [2.24, 2.45) is 4.99 Å². The monoisotopic (exact) mass is 487 g/mol. The van der Waals surface area contributed by atoms with Crippen molar-refractivity contribution in [2.75, 3.05) is 19.8 Å². The van der Waals surface area contributed by atoms with E-state index in [0.29, 0.717) is 25.3 Å². The topological polar surface area (TPSA) is 40.0 Å². The van der Waals surface area contributed by atoms with E-state index in [9.17, 15) is 0 Å². The summed E-state index contributed by atoms with van der Waals surface area (Å²) < 4.78 is 13.7. The first-order valence-corrected chi connectivity index (χ1v) is 10.2. The van der Waals surface area contributed by atoms with Gasteiger partial charge >= 0.3 is 0 Å². The smallest absolute Gasteiger partial charge is 0.213 e. The van der Waals surface area contributed by atoms with Crippen molar-refractivity contribution < 1.29 is 14.2 Å². The molecule has 26 heavy (non-hydrogen) atoms. The molecule has 4 nitrogen and oxygen atoms in total. The van der Waals surface area contributed by atoms with Gasteiger partial charge in [0.05, 0.1) is 18.8 Å². The zero-order valence-electron chi connectivity index (χ0n) is 15.1. The molecule has 0 aromatic carbocycles. The van der Waals surface area contributed by atoms with Gasteiger partial charge in [0.2, 0.25) is 13.5 Å². The van der Waals surface area contributed by atoms with Gasteiger partial charge in [-0.15, -0.1) is 0 Å². The van der Waals surface area contributed by atoms with E-state index in [1.54, 1.807) is 0 Å².